The molecule has 0 aliphatic heterocycles. The maximum Gasteiger partial charge on any atom is 0.178 e. The van der Waals surface area contributed by atoms with E-state index >= 15 is 0 Å². The number of nitrogens with one attached hydrogen (secondary N) is 1. The van der Waals surface area contributed by atoms with Gasteiger partial charge in [0.25, 0.3) is 0 Å². The first-order valence-electron chi connectivity index (χ1n) is 5.56. The standard InChI is InChI=1S/C12H13FN2S/c1-7(8-2-3-8)15-11-6-9(13)4-5-10(11)14-12(15)16/h4-8H,2-3H2,1H3,(H,14,16). The van der Waals surface area contributed by atoms with Gasteiger partial charge in [0.1, 0.15) is 5.82 Å². The molecule has 1 aromatic carbocycles. The molecule has 0 amide bonds. The van der Waals surface area contributed by atoms with Gasteiger partial charge in [-0.15, -0.1) is 0 Å². The summed E-state index contributed by atoms with van der Waals surface area (Å²) in [6, 6.07) is 5.12. The summed E-state index contributed by atoms with van der Waals surface area (Å²) >= 11 is 5.30. The minimum atomic E-state index is -0.210. The number of aromatic nitrogens is 2. The lowest BCUT2D eigenvalue weighted by atomic mass is 10.2. The maximum absolute atomic E-state index is 13.2. The predicted octanol–water partition coefficient (Wildman–Crippen LogP) is 3.81. The second kappa shape index (κ2) is 3.42. The van der Waals surface area contributed by atoms with Crippen LogP contribution in [0.5, 0.6) is 0 Å². The van der Waals surface area contributed by atoms with Crippen LogP contribution in [0.15, 0.2) is 18.2 Å². The van der Waals surface area contributed by atoms with Crippen molar-refractivity contribution in [3.63, 3.8) is 0 Å². The van der Waals surface area contributed by atoms with Gasteiger partial charge < -0.3 is 9.55 Å². The van der Waals surface area contributed by atoms with Crippen LogP contribution in [0.4, 0.5) is 4.39 Å². The van der Waals surface area contributed by atoms with Gasteiger partial charge in [-0.2, -0.15) is 0 Å². The average molecular weight is 236 g/mol. The van der Waals surface area contributed by atoms with Crippen molar-refractivity contribution in [1.29, 1.82) is 0 Å². The number of benzene rings is 1. The molecule has 1 saturated carbocycles. The molecule has 1 N–H and O–H groups in total. The Hall–Kier alpha value is -1.16. The number of hydrogen-bond donors (Lipinski definition) is 1. The minimum absolute atomic E-state index is 0.210. The molecule has 4 heteroatoms. The molecule has 16 heavy (non-hydrogen) atoms. The molecule has 1 heterocycles. The molecule has 3 rings (SSSR count). The van der Waals surface area contributed by atoms with Gasteiger partial charge >= 0.3 is 0 Å². The zero-order valence-corrected chi connectivity index (χ0v) is 9.85. The number of H-pyrrole nitrogens is 1. The van der Waals surface area contributed by atoms with Gasteiger partial charge in [0.05, 0.1) is 11.0 Å². The monoisotopic (exact) mass is 236 g/mol. The second-order valence-electron chi connectivity index (χ2n) is 4.54. The molecule has 1 atom stereocenters. The summed E-state index contributed by atoms with van der Waals surface area (Å²) in [7, 11) is 0. The highest BCUT2D eigenvalue weighted by Gasteiger charge is 2.30. The minimum Gasteiger partial charge on any atom is -0.331 e. The van der Waals surface area contributed by atoms with E-state index in [-0.39, 0.29) is 5.82 Å². The van der Waals surface area contributed by atoms with Crippen LogP contribution in [-0.2, 0) is 0 Å². The number of imidazole rings is 1. The van der Waals surface area contributed by atoms with E-state index in [0.29, 0.717) is 16.7 Å². The number of rotatable bonds is 2. The summed E-state index contributed by atoms with van der Waals surface area (Å²) < 4.78 is 16.0. The Morgan fingerprint density at radius 3 is 2.94 bits per heavy atom. The Morgan fingerprint density at radius 2 is 2.25 bits per heavy atom. The number of halogens is 1. The Labute approximate surface area is 98.1 Å². The van der Waals surface area contributed by atoms with Gasteiger partial charge in [0, 0.05) is 6.04 Å². The summed E-state index contributed by atoms with van der Waals surface area (Å²) in [6.45, 7) is 2.16. The first-order chi connectivity index (χ1) is 7.66. The largest absolute Gasteiger partial charge is 0.331 e. The highest BCUT2D eigenvalue weighted by atomic mass is 32.1. The van der Waals surface area contributed by atoms with E-state index in [1.807, 2.05) is 4.57 Å². The van der Waals surface area contributed by atoms with E-state index < -0.39 is 0 Å². The smallest absolute Gasteiger partial charge is 0.178 e. The molecule has 0 radical (unpaired) electrons. The summed E-state index contributed by atoms with van der Waals surface area (Å²) in [6.07, 6.45) is 2.51. The molecule has 1 fully saturated rings. The Morgan fingerprint density at radius 1 is 1.50 bits per heavy atom. The van der Waals surface area contributed by atoms with Gasteiger partial charge in [0.2, 0.25) is 0 Å². The topological polar surface area (TPSA) is 20.7 Å². The Kier molecular flexibility index (Phi) is 2.14. The molecule has 1 unspecified atom stereocenters. The Bertz CT molecular complexity index is 595. The normalized spacial score (nSPS) is 17.9. The molecular formula is C12H13FN2S. The van der Waals surface area contributed by atoms with Gasteiger partial charge in [-0.1, -0.05) is 0 Å². The lowest BCUT2D eigenvalue weighted by Crippen LogP contribution is -2.06. The molecule has 0 bridgehead atoms. The van der Waals surface area contributed by atoms with E-state index in [2.05, 4.69) is 11.9 Å². The van der Waals surface area contributed by atoms with Crippen molar-refractivity contribution in [2.75, 3.05) is 0 Å². The molecule has 1 aliphatic rings. The quantitative estimate of drug-likeness (QED) is 0.786. The number of nitrogens with zero attached hydrogens (tertiary/aromatic N) is 1. The van der Waals surface area contributed by atoms with Crippen LogP contribution in [0, 0.1) is 16.5 Å². The fourth-order valence-electron chi connectivity index (χ4n) is 2.29. The molecule has 2 aromatic rings. The van der Waals surface area contributed by atoms with Gasteiger partial charge in [-0.25, -0.2) is 4.39 Å². The first kappa shape index (κ1) is 10.0. The lowest BCUT2D eigenvalue weighted by molar-refractivity contribution is 0.492. The average Bonchev–Trinajstić information content (AvgIpc) is 3.01. The molecule has 1 aromatic heterocycles. The van der Waals surface area contributed by atoms with E-state index in [0.717, 1.165) is 11.0 Å². The van der Waals surface area contributed by atoms with E-state index in [9.17, 15) is 4.39 Å². The van der Waals surface area contributed by atoms with Crippen molar-refractivity contribution in [1.82, 2.24) is 9.55 Å². The van der Waals surface area contributed by atoms with Crippen LogP contribution in [0.3, 0.4) is 0 Å². The van der Waals surface area contributed by atoms with Crippen molar-refractivity contribution >= 4 is 23.3 Å². The summed E-state index contributed by atoms with van der Waals surface area (Å²) in [5.41, 5.74) is 1.79. The molecule has 2 nitrogen and oxygen atoms in total. The predicted molar refractivity (Wildman–Crippen MR) is 64.5 cm³/mol. The molecular weight excluding hydrogens is 223 g/mol. The van der Waals surface area contributed by atoms with Gasteiger partial charge in [-0.3, -0.25) is 0 Å². The molecule has 0 spiro atoms. The highest BCUT2D eigenvalue weighted by Crippen LogP contribution is 2.40. The summed E-state index contributed by atoms with van der Waals surface area (Å²) in [5.74, 6) is 0.493. The zero-order chi connectivity index (χ0) is 11.3. The lowest BCUT2D eigenvalue weighted by Gasteiger charge is -2.13. The van der Waals surface area contributed by atoms with Gasteiger partial charge in [0.15, 0.2) is 4.77 Å². The van der Waals surface area contributed by atoms with Crippen LogP contribution < -0.4 is 0 Å². The number of hydrogen-bond acceptors (Lipinski definition) is 1. The third-order valence-corrected chi connectivity index (χ3v) is 3.69. The maximum atomic E-state index is 13.2. The third-order valence-electron chi connectivity index (χ3n) is 3.39. The zero-order valence-electron chi connectivity index (χ0n) is 9.03. The van der Waals surface area contributed by atoms with Crippen molar-refractivity contribution in [3.05, 3.63) is 28.8 Å². The summed E-state index contributed by atoms with van der Waals surface area (Å²) in [5, 5.41) is 0. The summed E-state index contributed by atoms with van der Waals surface area (Å²) in [4.78, 5) is 3.13. The van der Waals surface area contributed by atoms with Crippen LogP contribution in [0.2, 0.25) is 0 Å². The van der Waals surface area contributed by atoms with E-state index in [4.69, 9.17) is 12.2 Å². The van der Waals surface area contributed by atoms with Crippen molar-refractivity contribution in [3.8, 4) is 0 Å². The van der Waals surface area contributed by atoms with Crippen molar-refractivity contribution in [2.45, 2.75) is 25.8 Å². The van der Waals surface area contributed by atoms with Crippen molar-refractivity contribution < 1.29 is 4.39 Å². The number of aromatic amines is 1. The van der Waals surface area contributed by atoms with Crippen LogP contribution in [0.1, 0.15) is 25.8 Å². The van der Waals surface area contributed by atoms with Crippen LogP contribution >= 0.6 is 12.2 Å². The molecule has 84 valence electrons. The number of fused-ring (bicyclic) bond motifs is 1. The Balaban J connectivity index is 2.24. The van der Waals surface area contributed by atoms with E-state index in [1.54, 1.807) is 12.1 Å². The fourth-order valence-corrected chi connectivity index (χ4v) is 2.66. The fraction of sp³-hybridized carbons (Fsp3) is 0.417. The van der Waals surface area contributed by atoms with Gasteiger partial charge in [-0.05, 0) is 56.1 Å². The van der Waals surface area contributed by atoms with Crippen LogP contribution in [0.25, 0.3) is 11.0 Å². The van der Waals surface area contributed by atoms with E-state index in [1.165, 1.54) is 18.9 Å². The van der Waals surface area contributed by atoms with Crippen LogP contribution in [-0.4, -0.2) is 9.55 Å². The van der Waals surface area contributed by atoms with Crippen molar-refractivity contribution in [2.24, 2.45) is 5.92 Å². The highest BCUT2D eigenvalue weighted by molar-refractivity contribution is 7.71. The second-order valence-corrected chi connectivity index (χ2v) is 4.93. The first-order valence-corrected chi connectivity index (χ1v) is 5.97. The molecule has 0 saturated heterocycles. The SMILES string of the molecule is CC(C1CC1)n1c(=S)[nH]c2ccc(F)cc21. The molecule has 1 aliphatic carbocycles. The third kappa shape index (κ3) is 1.48.